The Labute approximate surface area is 682 Å². The van der Waals surface area contributed by atoms with Crippen LogP contribution in [-0.4, -0.2) is 172 Å². The molecule has 4 aromatic rings. The van der Waals surface area contributed by atoms with Crippen LogP contribution in [0, 0.1) is 47.3 Å². The van der Waals surface area contributed by atoms with Gasteiger partial charge in [-0.05, 0) is 222 Å². The molecule has 11 N–H and O–H groups in total. The average Bonchev–Trinajstić information content (AvgIpc) is 1.71. The molecule has 0 aliphatic heterocycles. The number of alkyl halides is 4. The Kier molecular flexibility index (Phi) is 45.6. The van der Waals surface area contributed by atoms with Crippen molar-refractivity contribution in [3.8, 4) is 23.0 Å². The third kappa shape index (κ3) is 36.9. The van der Waals surface area contributed by atoms with Crippen LogP contribution in [0.25, 0.3) is 0 Å². The van der Waals surface area contributed by atoms with Gasteiger partial charge in [-0.3, -0.25) is 24.0 Å². The second-order valence-corrected chi connectivity index (χ2v) is 31.7. The van der Waals surface area contributed by atoms with Crippen LogP contribution in [0.2, 0.25) is 10.0 Å². The van der Waals surface area contributed by atoms with E-state index < -0.39 is 48.3 Å². The minimum Gasteiger partial charge on any atom is -0.493 e. The van der Waals surface area contributed by atoms with Crippen molar-refractivity contribution in [1.82, 2.24) is 0 Å². The summed E-state index contributed by atoms with van der Waals surface area (Å²) < 4.78 is 28.5. The Morgan fingerprint density at radius 3 is 1.05 bits per heavy atom. The van der Waals surface area contributed by atoms with Gasteiger partial charge in [0.05, 0.1) is 57.5 Å². The van der Waals surface area contributed by atoms with E-state index in [1.165, 1.54) is 6.92 Å². The number of rotatable bonds is 43. The minimum absolute atomic E-state index is 0.0340. The van der Waals surface area contributed by atoms with E-state index in [1.54, 1.807) is 36.4 Å². The largest absolute Gasteiger partial charge is 0.493 e. The van der Waals surface area contributed by atoms with Gasteiger partial charge in [0.1, 0.15) is 29.6 Å². The number of allylic oxidation sites excluding steroid dienone is 8. The second-order valence-electron chi connectivity index (χ2n) is 28.6. The van der Waals surface area contributed by atoms with Crippen LogP contribution in [-0.2, 0) is 54.8 Å². The smallest absolute Gasteiger partial charge is 0.303 e. The Balaban J connectivity index is 0.000000265. The minimum atomic E-state index is -0.794. The van der Waals surface area contributed by atoms with E-state index in [0.29, 0.717) is 137 Å². The number of carbonyl (C=O) groups excluding carboxylic acids is 1. The van der Waals surface area contributed by atoms with Crippen LogP contribution < -0.4 is 18.9 Å². The van der Waals surface area contributed by atoms with Gasteiger partial charge in [-0.15, -0.1) is 46.4 Å². The van der Waals surface area contributed by atoms with Gasteiger partial charge < -0.3 is 79.9 Å². The number of aliphatic hydroxyl groups excluding tert-OH is 7. The number of ether oxygens (including phenoxy) is 5. The first kappa shape index (κ1) is 95.4. The summed E-state index contributed by atoms with van der Waals surface area (Å²) >= 11 is 37.9. The number of unbranched alkanes of at least 4 members (excludes halogenated alkanes) is 4. The molecule has 4 saturated carbocycles. The third-order valence-corrected chi connectivity index (χ3v) is 22.6. The molecule has 0 saturated heterocycles. The lowest BCUT2D eigenvalue weighted by atomic mass is 9.92. The van der Waals surface area contributed by atoms with Crippen molar-refractivity contribution in [3.05, 3.63) is 166 Å². The Morgan fingerprint density at radius 1 is 0.387 bits per heavy atom. The van der Waals surface area contributed by atoms with E-state index in [4.69, 9.17) is 124 Å². The fourth-order valence-corrected chi connectivity index (χ4v) is 16.5. The second kappa shape index (κ2) is 53.1. The van der Waals surface area contributed by atoms with Crippen LogP contribution in [0.3, 0.4) is 0 Å². The molecule has 0 radical (unpaired) electrons. The first-order valence-corrected chi connectivity index (χ1v) is 40.7. The van der Waals surface area contributed by atoms with Crippen LogP contribution in [0.1, 0.15) is 158 Å². The summed E-state index contributed by atoms with van der Waals surface area (Å²) in [5.41, 5.74) is 3.45. The van der Waals surface area contributed by atoms with E-state index >= 15 is 0 Å². The molecule has 27 heteroatoms. The first-order valence-electron chi connectivity index (χ1n) is 38.2. The molecule has 0 amide bonds. The van der Waals surface area contributed by atoms with Gasteiger partial charge in [-0.1, -0.05) is 96.1 Å². The van der Waals surface area contributed by atoms with E-state index in [2.05, 4.69) is 0 Å². The topological polar surface area (TPSA) is 354 Å². The molecule has 0 spiro atoms. The number of esters is 1. The van der Waals surface area contributed by atoms with Gasteiger partial charge in [0.25, 0.3) is 0 Å². The highest BCUT2D eigenvalue weighted by Gasteiger charge is 2.44. The standard InChI is InChI=1S/C22H28Cl2O6.2C21H29ClO5.C20H26Cl2O5/c1-14(25)29-12-15-8-16(23)10-17(9-15)30-13-19-18(20(24)11-21(19)26)6-4-2-3-5-7-22(27)28;22-19-13-20(24)18(17(19)8-3-1-2-4-9-21(25)26)14-27-16-7-5-6-15(12-16)10-11-23;22-19-13-20(24)18(17(19)5-3-1-2-4-6-21(25)26)14-27-16-9-7-15(8-10-16)11-12-23;21-14-7-13(11-23)8-15(9-14)27-12-17-16(18(22)10-19(17)24)5-3-1-2-4-6-20(25)26/h2,4,8-10,18-21,26H,3,5-7,11-13H2,1H3,(H,27,28);1,3,5-7,12,17-20,23-24H,2,4,8-11,13-14H2,(H,25,26);1,3,7-10,17-20,23-24H,2,4-6,11-14H2,(H,25,26);1,3,7-9,16-19,23-24H,2,4-6,10-12H2,(H,25,26)/b4-2-;3*3-1-/t18-,19-,20-,21-;2*17-,18-,19-,20-;16-,17-,18-,19-/m1111/s1. The zero-order valence-electron chi connectivity index (χ0n) is 62.9. The molecule has 0 bridgehead atoms. The number of halogens is 6. The van der Waals surface area contributed by atoms with Crippen LogP contribution in [0.15, 0.2) is 134 Å². The van der Waals surface area contributed by atoms with Crippen molar-refractivity contribution >= 4 is 99.5 Å². The predicted octanol–water partition coefficient (Wildman–Crippen LogP) is 15.4. The third-order valence-electron chi connectivity index (χ3n) is 20.1. The molecular weight excluding hydrogens is 1560 g/mol. The summed E-state index contributed by atoms with van der Waals surface area (Å²) in [7, 11) is 0. The monoisotopic (exact) mass is 1670 g/mol. The summed E-state index contributed by atoms with van der Waals surface area (Å²) in [4.78, 5) is 53.1. The molecule has 111 heavy (non-hydrogen) atoms. The molecule has 4 aliphatic carbocycles. The van der Waals surface area contributed by atoms with E-state index in [0.717, 1.165) is 53.9 Å². The molecule has 616 valence electrons. The summed E-state index contributed by atoms with van der Waals surface area (Å²) in [5.74, 6) is -0.868. The maximum absolute atomic E-state index is 11.0. The highest BCUT2D eigenvalue weighted by atomic mass is 35.5. The lowest BCUT2D eigenvalue weighted by molar-refractivity contribution is -0.142. The fraction of sp³-hybridized carbons (Fsp3) is 0.560. The molecule has 21 nitrogen and oxygen atoms in total. The highest BCUT2D eigenvalue weighted by molar-refractivity contribution is 6.31. The van der Waals surface area contributed by atoms with Crippen molar-refractivity contribution < 1.29 is 104 Å². The number of carboxylic acids is 4. The molecule has 16 atom stereocenters. The summed E-state index contributed by atoms with van der Waals surface area (Å²) in [6, 6.07) is 25.4. The molecule has 4 aromatic carbocycles. The summed E-state index contributed by atoms with van der Waals surface area (Å²) in [6.07, 6.45) is 26.2. The molecule has 0 heterocycles. The van der Waals surface area contributed by atoms with E-state index in [9.17, 15) is 49.5 Å². The number of aliphatic hydroxyl groups is 7. The van der Waals surface area contributed by atoms with Gasteiger partial charge in [-0.25, -0.2) is 0 Å². The number of aliphatic carboxylic acids is 4. The van der Waals surface area contributed by atoms with Crippen LogP contribution in [0.4, 0.5) is 0 Å². The Morgan fingerprint density at radius 2 is 0.712 bits per heavy atom. The lowest BCUT2D eigenvalue weighted by Gasteiger charge is -2.23. The van der Waals surface area contributed by atoms with Gasteiger partial charge in [0, 0.05) is 101 Å². The molecule has 4 fully saturated rings. The molecular formula is C84H112Cl6O21. The van der Waals surface area contributed by atoms with Gasteiger partial charge in [-0.2, -0.15) is 0 Å². The summed E-state index contributed by atoms with van der Waals surface area (Å²) in [5, 5.41) is 104. The first-order chi connectivity index (χ1) is 53.2. The van der Waals surface area contributed by atoms with Crippen molar-refractivity contribution in [2.75, 3.05) is 39.6 Å². The number of hydrogen-bond donors (Lipinski definition) is 11. The Hall–Kier alpha value is -6.15. The quantitative estimate of drug-likeness (QED) is 0.00848. The van der Waals surface area contributed by atoms with Crippen LogP contribution >= 0.6 is 69.6 Å². The van der Waals surface area contributed by atoms with Crippen molar-refractivity contribution in [2.45, 2.75) is 207 Å². The zero-order valence-corrected chi connectivity index (χ0v) is 67.5. The highest BCUT2D eigenvalue weighted by Crippen LogP contribution is 2.43. The van der Waals surface area contributed by atoms with Crippen molar-refractivity contribution in [1.29, 1.82) is 0 Å². The summed E-state index contributed by atoms with van der Waals surface area (Å²) in [6.45, 7) is 2.94. The van der Waals surface area contributed by atoms with Gasteiger partial charge in [0.2, 0.25) is 0 Å². The Bertz CT molecular complexity index is 3520. The molecule has 4 aliphatic rings. The maximum Gasteiger partial charge on any atom is 0.303 e. The van der Waals surface area contributed by atoms with Crippen molar-refractivity contribution in [3.63, 3.8) is 0 Å². The average molecular weight is 1670 g/mol. The SMILES string of the molecule is CC(=O)OCc1cc(Cl)cc(OC[C@@H]2[C@@H](C/C=C\CCCC(=O)O)[C@H](Cl)C[C@H]2O)c1.O=C(O)CCC/C=C\C[C@@H]1[C@@H](COc2cc(Cl)cc(CO)c2)[C@H](O)C[C@H]1Cl.O=C(O)CCC/C=C\C[C@@H]1[C@@H](COc2ccc(CCO)cc2)[C@H](O)C[C@H]1Cl.O=C(O)CCC/C=C\C[C@@H]1[C@@H](COc2cccc(CCO)c2)[C@H](O)C[C@H]1Cl. The zero-order chi connectivity index (χ0) is 81.2. The molecule has 0 aromatic heterocycles. The lowest BCUT2D eigenvalue weighted by Crippen LogP contribution is -2.27. The number of hydrogen-bond acceptors (Lipinski definition) is 17. The number of benzene rings is 4. The number of carbonyl (C=O) groups is 5. The van der Waals surface area contributed by atoms with Gasteiger partial charge in [0.15, 0.2) is 0 Å². The van der Waals surface area contributed by atoms with E-state index in [-0.39, 0.29) is 134 Å². The molecule has 8 rings (SSSR count). The predicted molar refractivity (Wildman–Crippen MR) is 431 cm³/mol. The van der Waals surface area contributed by atoms with Crippen LogP contribution in [0.5, 0.6) is 23.0 Å². The molecule has 0 unspecified atom stereocenters. The van der Waals surface area contributed by atoms with Crippen molar-refractivity contribution in [2.24, 2.45) is 47.3 Å². The normalized spacial score (nSPS) is 24.7. The maximum atomic E-state index is 11.0. The fourth-order valence-electron chi connectivity index (χ4n) is 14.1. The van der Waals surface area contributed by atoms with E-state index in [1.807, 2.05) is 97.1 Å². The van der Waals surface area contributed by atoms with Gasteiger partial charge >= 0.3 is 29.8 Å². The number of carboxylic acid groups (broad SMARTS) is 4.